The van der Waals surface area contributed by atoms with Gasteiger partial charge in [-0.2, -0.15) is 10.5 Å². The van der Waals surface area contributed by atoms with Gasteiger partial charge >= 0.3 is 0 Å². The summed E-state index contributed by atoms with van der Waals surface area (Å²) in [5.74, 6) is 0.279. The number of nitro groups is 1. The molecule has 0 fully saturated rings. The fourth-order valence-electron chi connectivity index (χ4n) is 2.81. The van der Waals surface area contributed by atoms with Crippen molar-refractivity contribution in [2.24, 2.45) is 0 Å². The van der Waals surface area contributed by atoms with E-state index < -0.39 is 10.5 Å². The summed E-state index contributed by atoms with van der Waals surface area (Å²) in [6.07, 6.45) is 0. The van der Waals surface area contributed by atoms with Crippen molar-refractivity contribution in [1.29, 1.82) is 10.5 Å². The van der Waals surface area contributed by atoms with Crippen molar-refractivity contribution in [2.75, 3.05) is 5.73 Å². The number of nitrogens with one attached hydrogen (secondary N) is 1. The number of nitrogens with zero attached hydrogens (tertiary/aromatic N) is 3. The average molecular weight is 438 g/mol. The van der Waals surface area contributed by atoms with Gasteiger partial charge in [-0.15, -0.1) is 11.8 Å². The maximum Gasteiger partial charge on any atom is 0.270 e. The maximum absolute atomic E-state index is 12.3. The van der Waals surface area contributed by atoms with Crippen LogP contribution in [0.25, 0.3) is 11.1 Å². The minimum Gasteiger partial charge on any atom is -0.384 e. The van der Waals surface area contributed by atoms with Crippen LogP contribution in [0.4, 0.5) is 11.5 Å². The Morgan fingerprint density at radius 2 is 1.80 bits per heavy atom. The Morgan fingerprint density at radius 1 is 1.13 bits per heavy atom. The van der Waals surface area contributed by atoms with Crippen LogP contribution < -0.4 is 11.3 Å². The van der Waals surface area contributed by atoms with E-state index in [0.29, 0.717) is 15.7 Å². The minimum atomic E-state index is -0.774. The van der Waals surface area contributed by atoms with E-state index in [0.717, 1.165) is 5.56 Å². The van der Waals surface area contributed by atoms with Crippen molar-refractivity contribution in [2.45, 2.75) is 10.6 Å². The van der Waals surface area contributed by atoms with Crippen molar-refractivity contribution in [3.63, 3.8) is 0 Å². The Bertz CT molecular complexity index is 1290. The standard InChI is InChI=1S/C20H12ClN5O3S/c21-12-3-1-11(2-4-12)10-30-17-6-5-13(26(28)29)7-14(17)18-15(8-22)19(24)25-20(27)16(18)9-23/h1-7H,10H2,(H3,24,25,27). The van der Waals surface area contributed by atoms with Gasteiger partial charge in [0.25, 0.3) is 11.2 Å². The third kappa shape index (κ3) is 4.13. The third-order valence-electron chi connectivity index (χ3n) is 4.22. The van der Waals surface area contributed by atoms with Crippen LogP contribution in [0.3, 0.4) is 0 Å². The Hall–Kier alpha value is -3.79. The fourth-order valence-corrected chi connectivity index (χ4v) is 3.93. The number of non-ortho nitro benzene ring substituents is 1. The molecular formula is C20H12ClN5O3S. The molecule has 10 heteroatoms. The molecule has 3 rings (SSSR count). The first-order valence-electron chi connectivity index (χ1n) is 8.37. The molecule has 3 aromatic rings. The number of pyridine rings is 1. The monoisotopic (exact) mass is 437 g/mol. The highest BCUT2D eigenvalue weighted by molar-refractivity contribution is 7.98. The van der Waals surface area contributed by atoms with E-state index in [4.69, 9.17) is 17.3 Å². The van der Waals surface area contributed by atoms with Gasteiger partial charge in [0, 0.05) is 38.9 Å². The summed E-state index contributed by atoms with van der Waals surface area (Å²) in [5, 5.41) is 31.0. The quantitative estimate of drug-likeness (QED) is 0.344. The number of nitriles is 2. The summed E-state index contributed by atoms with van der Waals surface area (Å²) in [7, 11) is 0. The lowest BCUT2D eigenvalue weighted by Crippen LogP contribution is -2.16. The lowest BCUT2D eigenvalue weighted by molar-refractivity contribution is -0.384. The molecular weight excluding hydrogens is 426 g/mol. The first-order chi connectivity index (χ1) is 14.3. The number of H-pyrrole nitrogens is 1. The molecule has 0 bridgehead atoms. The molecule has 0 aliphatic rings. The number of halogens is 1. The van der Waals surface area contributed by atoms with Gasteiger partial charge in [0.15, 0.2) is 0 Å². The molecule has 1 aromatic heterocycles. The first kappa shape index (κ1) is 20.9. The molecule has 0 amide bonds. The van der Waals surface area contributed by atoms with Crippen LogP contribution in [0.5, 0.6) is 0 Å². The predicted octanol–water partition coefficient (Wildman–Crippen LogP) is 4.22. The van der Waals surface area contributed by atoms with E-state index in [1.165, 1.54) is 30.0 Å². The SMILES string of the molecule is N#Cc1c(N)[nH]c(=O)c(C#N)c1-c1cc([N+](=O)[O-])ccc1SCc1ccc(Cl)cc1. The van der Waals surface area contributed by atoms with Gasteiger partial charge in [-0.05, 0) is 23.8 Å². The van der Waals surface area contributed by atoms with Crippen LogP contribution in [0.2, 0.25) is 5.02 Å². The Kier molecular flexibility index (Phi) is 6.07. The van der Waals surface area contributed by atoms with E-state index >= 15 is 0 Å². The number of aromatic amines is 1. The number of nitro benzene ring substituents is 1. The number of anilines is 1. The number of aromatic nitrogens is 1. The second kappa shape index (κ2) is 8.70. The Morgan fingerprint density at radius 3 is 2.40 bits per heavy atom. The van der Waals surface area contributed by atoms with Crippen LogP contribution in [-0.2, 0) is 5.75 Å². The number of rotatable bonds is 5. The van der Waals surface area contributed by atoms with Gasteiger partial charge in [0.2, 0.25) is 0 Å². The summed E-state index contributed by atoms with van der Waals surface area (Å²) in [5.41, 5.74) is 5.44. The number of nitrogens with two attached hydrogens (primary N) is 1. The largest absolute Gasteiger partial charge is 0.384 e. The fraction of sp³-hybridized carbons (Fsp3) is 0.0500. The summed E-state index contributed by atoms with van der Waals surface area (Å²) in [4.78, 5) is 25.8. The molecule has 1 heterocycles. The molecule has 0 saturated heterocycles. The normalized spacial score (nSPS) is 10.2. The second-order valence-corrected chi connectivity index (χ2v) is 7.52. The van der Waals surface area contributed by atoms with Gasteiger partial charge in [-0.1, -0.05) is 23.7 Å². The van der Waals surface area contributed by atoms with Crippen LogP contribution in [0, 0.1) is 32.8 Å². The van der Waals surface area contributed by atoms with Gasteiger partial charge in [0.1, 0.15) is 29.1 Å². The van der Waals surface area contributed by atoms with E-state index in [-0.39, 0.29) is 33.8 Å². The number of benzene rings is 2. The van der Waals surface area contributed by atoms with Crippen molar-refractivity contribution < 1.29 is 4.92 Å². The highest BCUT2D eigenvalue weighted by Crippen LogP contribution is 2.39. The van der Waals surface area contributed by atoms with Crippen molar-refractivity contribution in [1.82, 2.24) is 4.98 Å². The van der Waals surface area contributed by atoms with Crippen LogP contribution >= 0.6 is 23.4 Å². The van der Waals surface area contributed by atoms with Crippen LogP contribution in [-0.4, -0.2) is 9.91 Å². The summed E-state index contributed by atoms with van der Waals surface area (Å²) >= 11 is 7.24. The van der Waals surface area contributed by atoms with Crippen molar-refractivity contribution in [3.8, 4) is 23.3 Å². The van der Waals surface area contributed by atoms with E-state index in [2.05, 4.69) is 4.98 Å². The number of thioether (sulfide) groups is 1. The molecule has 0 spiro atoms. The van der Waals surface area contributed by atoms with Crippen LogP contribution in [0.15, 0.2) is 52.2 Å². The molecule has 0 unspecified atom stereocenters. The topological polar surface area (TPSA) is 150 Å². The van der Waals surface area contributed by atoms with Gasteiger partial charge in [-0.25, -0.2) is 0 Å². The average Bonchev–Trinajstić information content (AvgIpc) is 2.72. The van der Waals surface area contributed by atoms with Gasteiger partial charge in [0.05, 0.1) is 4.92 Å². The zero-order chi connectivity index (χ0) is 21.8. The van der Waals surface area contributed by atoms with E-state index in [1.54, 1.807) is 18.2 Å². The predicted molar refractivity (Wildman–Crippen MR) is 114 cm³/mol. The summed E-state index contributed by atoms with van der Waals surface area (Å²) in [6, 6.07) is 14.9. The molecule has 148 valence electrons. The Labute approximate surface area is 179 Å². The zero-order valence-electron chi connectivity index (χ0n) is 15.2. The number of hydrogen-bond acceptors (Lipinski definition) is 7. The molecule has 0 aliphatic carbocycles. The third-order valence-corrected chi connectivity index (χ3v) is 5.62. The molecule has 2 aromatic carbocycles. The number of nitrogen functional groups attached to an aromatic ring is 1. The smallest absolute Gasteiger partial charge is 0.270 e. The molecule has 8 nitrogen and oxygen atoms in total. The first-order valence-corrected chi connectivity index (χ1v) is 9.74. The van der Waals surface area contributed by atoms with Gasteiger partial charge < -0.3 is 10.7 Å². The number of hydrogen-bond donors (Lipinski definition) is 2. The molecule has 0 aliphatic heterocycles. The lowest BCUT2D eigenvalue weighted by atomic mass is 9.96. The lowest BCUT2D eigenvalue weighted by Gasteiger charge is -2.13. The summed E-state index contributed by atoms with van der Waals surface area (Å²) < 4.78 is 0. The Balaban J connectivity index is 2.21. The van der Waals surface area contributed by atoms with Crippen molar-refractivity contribution in [3.05, 3.63) is 84.6 Å². The second-order valence-electron chi connectivity index (χ2n) is 6.07. The zero-order valence-corrected chi connectivity index (χ0v) is 16.8. The maximum atomic E-state index is 12.3. The highest BCUT2D eigenvalue weighted by atomic mass is 35.5. The molecule has 0 atom stereocenters. The van der Waals surface area contributed by atoms with Crippen molar-refractivity contribution >= 4 is 34.9 Å². The van der Waals surface area contributed by atoms with Gasteiger partial charge in [-0.3, -0.25) is 14.9 Å². The summed E-state index contributed by atoms with van der Waals surface area (Å²) in [6.45, 7) is 0. The molecule has 30 heavy (non-hydrogen) atoms. The van der Waals surface area contributed by atoms with E-state index in [9.17, 15) is 25.4 Å². The molecule has 3 N–H and O–H groups in total. The van der Waals surface area contributed by atoms with E-state index in [1.807, 2.05) is 18.2 Å². The molecule has 0 saturated carbocycles. The highest BCUT2D eigenvalue weighted by Gasteiger charge is 2.23. The van der Waals surface area contributed by atoms with Crippen LogP contribution in [0.1, 0.15) is 16.7 Å². The molecule has 0 radical (unpaired) electrons. The minimum absolute atomic E-state index is 0.0245.